The average Bonchev–Trinajstić information content (AvgIpc) is 2.85. The Morgan fingerprint density at radius 2 is 1.96 bits per heavy atom. The third-order valence-electron chi connectivity index (χ3n) is 6.43. The van der Waals surface area contributed by atoms with Crippen LogP contribution in [0.15, 0.2) is 35.4 Å². The molecule has 5 nitrogen and oxygen atoms in total. The molecular formula is C19H25N3O2. The van der Waals surface area contributed by atoms with Gasteiger partial charge in [-0.1, -0.05) is 51.1 Å². The smallest absolute Gasteiger partial charge is 0.332 e. The molecular weight excluding hydrogens is 302 g/mol. The van der Waals surface area contributed by atoms with Gasteiger partial charge in [0.1, 0.15) is 5.78 Å². The van der Waals surface area contributed by atoms with Gasteiger partial charge in [-0.05, 0) is 29.7 Å². The molecule has 0 unspecified atom stereocenters. The molecule has 2 amide bonds. The molecule has 3 rings (SSSR count). The normalized spacial score (nSPS) is 31.3. The van der Waals surface area contributed by atoms with E-state index in [9.17, 15) is 9.59 Å². The molecule has 2 aliphatic rings. The van der Waals surface area contributed by atoms with Gasteiger partial charge in [-0.2, -0.15) is 5.10 Å². The lowest BCUT2D eigenvalue weighted by Gasteiger charge is -2.32. The number of hydrogen-bond acceptors (Lipinski definition) is 3. The average molecular weight is 327 g/mol. The van der Waals surface area contributed by atoms with Gasteiger partial charge in [0, 0.05) is 11.8 Å². The minimum atomic E-state index is -0.707. The van der Waals surface area contributed by atoms with Crippen LogP contribution in [0.4, 0.5) is 4.79 Å². The van der Waals surface area contributed by atoms with E-state index in [0.717, 1.165) is 18.4 Å². The fourth-order valence-corrected chi connectivity index (χ4v) is 4.62. The number of nitrogens with one attached hydrogen (secondary N) is 1. The van der Waals surface area contributed by atoms with E-state index in [1.165, 1.54) is 0 Å². The Labute approximate surface area is 142 Å². The molecule has 1 aromatic rings. The quantitative estimate of drug-likeness (QED) is 0.658. The number of fused-ring (bicyclic) bond motifs is 2. The Bertz CT molecular complexity index is 696. The first-order chi connectivity index (χ1) is 11.3. The summed E-state index contributed by atoms with van der Waals surface area (Å²) >= 11 is 0. The van der Waals surface area contributed by atoms with Gasteiger partial charge in [-0.3, -0.25) is 4.79 Å². The number of hydrazone groups is 1. The first-order valence-electron chi connectivity index (χ1n) is 8.47. The van der Waals surface area contributed by atoms with E-state index < -0.39 is 6.03 Å². The summed E-state index contributed by atoms with van der Waals surface area (Å²) in [5.41, 5.74) is 8.93. The zero-order chi connectivity index (χ0) is 17.5. The summed E-state index contributed by atoms with van der Waals surface area (Å²) in [7, 11) is 0. The van der Waals surface area contributed by atoms with Crippen LogP contribution in [-0.2, 0) is 11.2 Å². The number of primary amides is 1. The maximum absolute atomic E-state index is 13.2. The lowest BCUT2D eigenvalue weighted by atomic mass is 9.70. The van der Waals surface area contributed by atoms with Crippen molar-refractivity contribution in [1.29, 1.82) is 0 Å². The number of amides is 2. The first kappa shape index (κ1) is 16.7. The number of Topliss-reactive ketones (excluding diaryl/α,β-unsaturated/α-hetero) is 1. The van der Waals surface area contributed by atoms with E-state index in [1.807, 2.05) is 30.3 Å². The van der Waals surface area contributed by atoms with Gasteiger partial charge in [0.15, 0.2) is 0 Å². The van der Waals surface area contributed by atoms with E-state index in [4.69, 9.17) is 5.73 Å². The van der Waals surface area contributed by atoms with Gasteiger partial charge in [0.25, 0.3) is 0 Å². The summed E-state index contributed by atoms with van der Waals surface area (Å²) in [6.45, 7) is 6.45. The van der Waals surface area contributed by atoms with Crippen LogP contribution in [0.1, 0.15) is 39.2 Å². The summed E-state index contributed by atoms with van der Waals surface area (Å²) in [5.74, 6) is 0.266. The van der Waals surface area contributed by atoms with E-state index in [0.29, 0.717) is 12.1 Å². The summed E-state index contributed by atoms with van der Waals surface area (Å²) in [4.78, 5) is 24.3. The molecule has 128 valence electrons. The molecule has 0 aliphatic heterocycles. The van der Waals surface area contributed by atoms with Crippen LogP contribution in [0.25, 0.3) is 0 Å². The van der Waals surface area contributed by atoms with E-state index in [2.05, 4.69) is 31.3 Å². The van der Waals surface area contributed by atoms with Crippen LogP contribution in [0, 0.1) is 22.7 Å². The number of benzene rings is 1. The molecule has 2 saturated carbocycles. The molecule has 0 aromatic heterocycles. The highest BCUT2D eigenvalue weighted by molar-refractivity contribution is 6.11. The van der Waals surface area contributed by atoms with Crippen molar-refractivity contribution in [3.05, 3.63) is 35.9 Å². The monoisotopic (exact) mass is 327 g/mol. The molecule has 5 heteroatoms. The lowest BCUT2D eigenvalue weighted by Crippen LogP contribution is -2.37. The zero-order valence-electron chi connectivity index (χ0n) is 14.5. The van der Waals surface area contributed by atoms with Crippen molar-refractivity contribution in [3.8, 4) is 0 Å². The molecule has 0 heterocycles. The third kappa shape index (κ3) is 2.43. The maximum atomic E-state index is 13.2. The molecule has 0 saturated heterocycles. The number of carbonyl (C=O) groups excluding carboxylic acids is 2. The van der Waals surface area contributed by atoms with E-state index >= 15 is 0 Å². The van der Waals surface area contributed by atoms with Gasteiger partial charge in [0.2, 0.25) is 0 Å². The van der Waals surface area contributed by atoms with Gasteiger partial charge < -0.3 is 5.73 Å². The molecule has 0 spiro atoms. The summed E-state index contributed by atoms with van der Waals surface area (Å²) < 4.78 is 0. The number of nitrogens with two attached hydrogens (primary N) is 1. The number of ketones is 1. The van der Waals surface area contributed by atoms with Gasteiger partial charge in [-0.15, -0.1) is 0 Å². The van der Waals surface area contributed by atoms with Crippen LogP contribution in [0.5, 0.6) is 0 Å². The zero-order valence-corrected chi connectivity index (χ0v) is 14.5. The standard InChI is InChI=1S/C19H25N3O2/c1-18(2)13-9-10-19(18,3)16(23)15(13)14(21-22-17(20)24)11-12-7-5-4-6-8-12/h4-8,13,15H,9-11H2,1-3H3,(H3,20,22,24)/t13-,15-,19-/m0/s1. The Morgan fingerprint density at radius 3 is 2.50 bits per heavy atom. The summed E-state index contributed by atoms with van der Waals surface area (Å²) in [6.07, 6.45) is 2.49. The second-order valence-electron chi connectivity index (χ2n) is 7.78. The Morgan fingerprint density at radius 1 is 1.29 bits per heavy atom. The van der Waals surface area contributed by atoms with Crippen LogP contribution in [0.2, 0.25) is 0 Å². The van der Waals surface area contributed by atoms with Crippen molar-refractivity contribution >= 4 is 17.5 Å². The molecule has 3 atom stereocenters. The molecule has 2 aliphatic carbocycles. The van der Waals surface area contributed by atoms with Gasteiger partial charge >= 0.3 is 6.03 Å². The van der Waals surface area contributed by atoms with E-state index in [1.54, 1.807) is 0 Å². The van der Waals surface area contributed by atoms with Crippen LogP contribution in [-0.4, -0.2) is 17.5 Å². The highest BCUT2D eigenvalue weighted by Gasteiger charge is 2.67. The Hall–Kier alpha value is -2.17. The summed E-state index contributed by atoms with van der Waals surface area (Å²) in [6, 6.07) is 9.18. The second-order valence-corrected chi connectivity index (χ2v) is 7.78. The molecule has 24 heavy (non-hydrogen) atoms. The maximum Gasteiger partial charge on any atom is 0.332 e. The summed E-state index contributed by atoms with van der Waals surface area (Å²) in [5, 5.41) is 4.24. The van der Waals surface area contributed by atoms with Crippen molar-refractivity contribution in [3.63, 3.8) is 0 Å². The van der Waals surface area contributed by atoms with Crippen molar-refractivity contribution in [2.24, 2.45) is 33.5 Å². The molecule has 2 fully saturated rings. The topological polar surface area (TPSA) is 84.6 Å². The fourth-order valence-electron chi connectivity index (χ4n) is 4.62. The minimum absolute atomic E-state index is 0.0566. The molecule has 2 bridgehead atoms. The highest BCUT2D eigenvalue weighted by Crippen LogP contribution is 2.66. The van der Waals surface area contributed by atoms with Crippen LogP contribution >= 0.6 is 0 Å². The van der Waals surface area contributed by atoms with E-state index in [-0.39, 0.29) is 28.4 Å². The SMILES string of the molecule is CC1(C)[C@H]2CC[C@@]1(C)C(=O)[C@@H]2C(Cc1ccccc1)=NNC(N)=O. The number of rotatable bonds is 4. The van der Waals surface area contributed by atoms with Gasteiger partial charge in [-0.25, -0.2) is 10.2 Å². The Balaban J connectivity index is 1.96. The van der Waals surface area contributed by atoms with Crippen molar-refractivity contribution in [2.45, 2.75) is 40.0 Å². The fraction of sp³-hybridized carbons (Fsp3) is 0.526. The molecule has 0 radical (unpaired) electrons. The van der Waals surface area contributed by atoms with Crippen molar-refractivity contribution in [1.82, 2.24) is 5.43 Å². The van der Waals surface area contributed by atoms with Crippen molar-refractivity contribution < 1.29 is 9.59 Å². The number of hydrogen-bond donors (Lipinski definition) is 2. The lowest BCUT2D eigenvalue weighted by molar-refractivity contribution is -0.129. The van der Waals surface area contributed by atoms with Crippen molar-refractivity contribution in [2.75, 3.05) is 0 Å². The van der Waals surface area contributed by atoms with Gasteiger partial charge in [0.05, 0.1) is 11.6 Å². The highest BCUT2D eigenvalue weighted by atomic mass is 16.2. The first-order valence-corrected chi connectivity index (χ1v) is 8.47. The largest absolute Gasteiger partial charge is 0.350 e. The number of nitrogens with zero attached hydrogens (tertiary/aromatic N) is 1. The second kappa shape index (κ2) is 5.72. The minimum Gasteiger partial charge on any atom is -0.350 e. The molecule has 3 N–H and O–H groups in total. The predicted molar refractivity (Wildman–Crippen MR) is 93.4 cm³/mol. The number of urea groups is 1. The predicted octanol–water partition coefficient (Wildman–Crippen LogP) is 2.89. The van der Waals surface area contributed by atoms with Crippen LogP contribution < -0.4 is 11.2 Å². The van der Waals surface area contributed by atoms with Crippen LogP contribution in [0.3, 0.4) is 0 Å². The third-order valence-corrected chi connectivity index (χ3v) is 6.43. The Kier molecular flexibility index (Phi) is 3.98. The number of carbonyl (C=O) groups is 2. The molecule has 1 aromatic carbocycles.